The van der Waals surface area contributed by atoms with Gasteiger partial charge in [-0.25, -0.2) is 0 Å². The van der Waals surface area contributed by atoms with Gasteiger partial charge >= 0.3 is 6.18 Å². The zero-order valence-electron chi connectivity index (χ0n) is 11.7. The topological polar surface area (TPSA) is 40.5 Å². The van der Waals surface area contributed by atoms with Crippen LogP contribution in [0.2, 0.25) is 0 Å². The number of piperidine rings is 1. The molecule has 0 bridgehead atoms. The second-order valence-corrected chi connectivity index (χ2v) is 6.21. The molecule has 116 valence electrons. The number of hydrogen-bond donors (Lipinski definition) is 1. The minimum Gasteiger partial charge on any atom is -0.393 e. The minimum absolute atomic E-state index is 0.0237. The fraction of sp³-hybridized carbons (Fsp3) is 0.929. The fourth-order valence-electron chi connectivity index (χ4n) is 3.26. The third-order valence-electron chi connectivity index (χ3n) is 4.71. The molecule has 2 fully saturated rings. The maximum absolute atomic E-state index is 12.6. The van der Waals surface area contributed by atoms with Crippen molar-refractivity contribution in [1.29, 1.82) is 0 Å². The van der Waals surface area contributed by atoms with E-state index >= 15 is 0 Å². The Bertz CT molecular complexity index is 351. The summed E-state index contributed by atoms with van der Waals surface area (Å²) in [5.41, 5.74) is 0. The molecule has 1 N–H and O–H groups in total. The minimum atomic E-state index is -4.13. The quantitative estimate of drug-likeness (QED) is 0.807. The van der Waals surface area contributed by atoms with Crippen molar-refractivity contribution < 1.29 is 23.1 Å². The number of carbonyl (C=O) groups is 1. The Balaban J connectivity index is 1.86. The molecule has 0 aromatic rings. The highest BCUT2D eigenvalue weighted by molar-refractivity contribution is 5.79. The summed E-state index contributed by atoms with van der Waals surface area (Å²) in [6.45, 7) is 2.92. The highest BCUT2D eigenvalue weighted by Crippen LogP contribution is 2.40. The normalized spacial score (nSPS) is 36.0. The number of hydrogen-bond acceptors (Lipinski definition) is 2. The lowest BCUT2D eigenvalue weighted by Gasteiger charge is -2.38. The van der Waals surface area contributed by atoms with Crippen LogP contribution >= 0.6 is 0 Å². The summed E-state index contributed by atoms with van der Waals surface area (Å²) in [5.74, 6) is -1.49. The molecular formula is C14H22F3NO2. The summed E-state index contributed by atoms with van der Waals surface area (Å²) < 4.78 is 37.8. The van der Waals surface area contributed by atoms with Crippen LogP contribution in [0, 0.1) is 17.8 Å². The Morgan fingerprint density at radius 1 is 1.15 bits per heavy atom. The molecule has 1 aliphatic carbocycles. The average Bonchev–Trinajstić information content (AvgIpc) is 2.40. The second kappa shape index (κ2) is 5.92. The molecule has 2 rings (SSSR count). The summed E-state index contributed by atoms with van der Waals surface area (Å²) in [5, 5.41) is 9.65. The van der Waals surface area contributed by atoms with Crippen LogP contribution in [-0.2, 0) is 4.79 Å². The van der Waals surface area contributed by atoms with Gasteiger partial charge in [-0.3, -0.25) is 4.79 Å². The van der Waals surface area contributed by atoms with Crippen molar-refractivity contribution in [3.8, 4) is 0 Å². The van der Waals surface area contributed by atoms with Crippen molar-refractivity contribution in [2.45, 2.75) is 51.3 Å². The van der Waals surface area contributed by atoms with Gasteiger partial charge in [-0.05, 0) is 38.0 Å². The SMILES string of the molecule is CC1CN(C(=O)C2CCC(C(F)(F)F)CC2)CCC1O. The van der Waals surface area contributed by atoms with Crippen LogP contribution in [0.15, 0.2) is 0 Å². The molecule has 2 unspecified atom stereocenters. The lowest BCUT2D eigenvalue weighted by Crippen LogP contribution is -2.47. The zero-order chi connectivity index (χ0) is 14.9. The number of likely N-dealkylation sites (tertiary alicyclic amines) is 1. The maximum atomic E-state index is 12.6. The first-order valence-electron chi connectivity index (χ1n) is 7.32. The first kappa shape index (κ1) is 15.6. The van der Waals surface area contributed by atoms with E-state index in [4.69, 9.17) is 0 Å². The van der Waals surface area contributed by atoms with Crippen LogP contribution in [0.5, 0.6) is 0 Å². The molecule has 1 saturated heterocycles. The molecule has 0 aromatic heterocycles. The largest absolute Gasteiger partial charge is 0.393 e. The molecule has 6 heteroatoms. The smallest absolute Gasteiger partial charge is 0.391 e. The highest BCUT2D eigenvalue weighted by atomic mass is 19.4. The van der Waals surface area contributed by atoms with E-state index in [9.17, 15) is 23.1 Å². The molecular weight excluding hydrogens is 271 g/mol. The van der Waals surface area contributed by atoms with Gasteiger partial charge < -0.3 is 10.0 Å². The van der Waals surface area contributed by atoms with Gasteiger partial charge in [0.2, 0.25) is 5.91 Å². The number of halogens is 3. The van der Waals surface area contributed by atoms with E-state index in [0.717, 1.165) is 0 Å². The van der Waals surface area contributed by atoms with Crippen LogP contribution in [-0.4, -0.2) is 41.3 Å². The summed E-state index contributed by atoms with van der Waals surface area (Å²) in [7, 11) is 0. The van der Waals surface area contributed by atoms with E-state index in [1.807, 2.05) is 6.92 Å². The number of carbonyl (C=O) groups excluding carboxylic acids is 1. The predicted octanol–water partition coefficient (Wildman–Crippen LogP) is 2.58. The first-order chi connectivity index (χ1) is 9.29. The van der Waals surface area contributed by atoms with Crippen molar-refractivity contribution in [2.75, 3.05) is 13.1 Å². The van der Waals surface area contributed by atoms with Gasteiger partial charge in [-0.15, -0.1) is 0 Å². The fourth-order valence-corrected chi connectivity index (χ4v) is 3.26. The van der Waals surface area contributed by atoms with E-state index in [1.54, 1.807) is 4.90 Å². The molecule has 1 aliphatic heterocycles. The Hall–Kier alpha value is -0.780. The number of aliphatic hydroxyl groups is 1. The third kappa shape index (κ3) is 3.45. The molecule has 20 heavy (non-hydrogen) atoms. The Kier molecular flexibility index (Phi) is 4.62. The van der Waals surface area contributed by atoms with Crippen LogP contribution in [0.4, 0.5) is 13.2 Å². The summed E-state index contributed by atoms with van der Waals surface area (Å²) in [4.78, 5) is 14.0. The lowest BCUT2D eigenvalue weighted by molar-refractivity contribution is -0.185. The monoisotopic (exact) mass is 293 g/mol. The number of rotatable bonds is 1. The molecule has 0 radical (unpaired) electrons. The van der Waals surface area contributed by atoms with Crippen molar-refractivity contribution in [3.05, 3.63) is 0 Å². The number of aliphatic hydroxyl groups excluding tert-OH is 1. The zero-order valence-corrected chi connectivity index (χ0v) is 11.7. The molecule has 1 saturated carbocycles. The van der Waals surface area contributed by atoms with Crippen molar-refractivity contribution in [3.63, 3.8) is 0 Å². The van der Waals surface area contributed by atoms with Crippen molar-refractivity contribution >= 4 is 5.91 Å². The maximum Gasteiger partial charge on any atom is 0.391 e. The van der Waals surface area contributed by atoms with Crippen LogP contribution in [0.25, 0.3) is 0 Å². The predicted molar refractivity (Wildman–Crippen MR) is 67.9 cm³/mol. The first-order valence-corrected chi connectivity index (χ1v) is 7.32. The number of nitrogens with zero attached hydrogens (tertiary/aromatic N) is 1. The molecule has 2 atom stereocenters. The van der Waals surface area contributed by atoms with Crippen LogP contribution in [0.1, 0.15) is 39.0 Å². The Morgan fingerprint density at radius 3 is 2.25 bits per heavy atom. The van der Waals surface area contributed by atoms with Crippen LogP contribution < -0.4 is 0 Å². The van der Waals surface area contributed by atoms with E-state index in [1.165, 1.54) is 0 Å². The van der Waals surface area contributed by atoms with E-state index in [2.05, 4.69) is 0 Å². The molecule has 3 nitrogen and oxygen atoms in total. The van der Waals surface area contributed by atoms with Gasteiger partial charge in [0.05, 0.1) is 12.0 Å². The summed E-state index contributed by atoms with van der Waals surface area (Å²) in [6, 6.07) is 0. The van der Waals surface area contributed by atoms with Gasteiger partial charge in [0.15, 0.2) is 0 Å². The second-order valence-electron chi connectivity index (χ2n) is 6.21. The van der Waals surface area contributed by atoms with Crippen molar-refractivity contribution in [2.24, 2.45) is 17.8 Å². The Labute approximate surface area is 117 Å². The van der Waals surface area contributed by atoms with E-state index in [-0.39, 0.29) is 36.7 Å². The highest BCUT2D eigenvalue weighted by Gasteiger charge is 2.43. The third-order valence-corrected chi connectivity index (χ3v) is 4.71. The molecule has 0 aromatic carbocycles. The van der Waals surface area contributed by atoms with Gasteiger partial charge in [-0.2, -0.15) is 13.2 Å². The summed E-state index contributed by atoms with van der Waals surface area (Å²) in [6.07, 6.45) is -3.16. The summed E-state index contributed by atoms with van der Waals surface area (Å²) >= 11 is 0. The van der Waals surface area contributed by atoms with Gasteiger partial charge in [0.25, 0.3) is 0 Å². The number of alkyl halides is 3. The van der Waals surface area contributed by atoms with E-state index in [0.29, 0.717) is 32.4 Å². The molecule has 1 heterocycles. The lowest BCUT2D eigenvalue weighted by atomic mass is 9.80. The molecule has 1 amide bonds. The van der Waals surface area contributed by atoms with E-state index < -0.39 is 12.1 Å². The Morgan fingerprint density at radius 2 is 1.75 bits per heavy atom. The van der Waals surface area contributed by atoms with Gasteiger partial charge in [0.1, 0.15) is 0 Å². The van der Waals surface area contributed by atoms with Gasteiger partial charge in [0, 0.05) is 19.0 Å². The molecule has 2 aliphatic rings. The van der Waals surface area contributed by atoms with Crippen molar-refractivity contribution in [1.82, 2.24) is 4.90 Å². The van der Waals surface area contributed by atoms with Crippen LogP contribution in [0.3, 0.4) is 0 Å². The van der Waals surface area contributed by atoms with Gasteiger partial charge in [-0.1, -0.05) is 6.92 Å². The molecule has 0 spiro atoms. The standard InChI is InChI=1S/C14H22F3NO2/c1-9-8-18(7-6-12(9)19)13(20)10-2-4-11(5-3-10)14(15,16)17/h9-12,19H,2-8H2,1H3. The average molecular weight is 293 g/mol. The number of amides is 1.